The van der Waals surface area contributed by atoms with Gasteiger partial charge in [0.05, 0.1) is 53.7 Å². The van der Waals surface area contributed by atoms with Crippen LogP contribution in [0.15, 0.2) is 115 Å². The smallest absolute Gasteiger partial charge is 0.417 e. The normalized spacial score (nSPS) is 24.1. The zero-order valence-electron chi connectivity index (χ0n) is 34.0. The van der Waals surface area contributed by atoms with Crippen LogP contribution in [0.25, 0.3) is 12.2 Å². The molecule has 0 bridgehead atoms. The van der Waals surface area contributed by atoms with Crippen LogP contribution in [0.4, 0.5) is 24.7 Å². The highest BCUT2D eigenvalue weighted by atomic mass is 35.5. The fraction of sp³-hybridized carbons (Fsp3) is 0.229. The number of hydrazine groups is 1. The van der Waals surface area contributed by atoms with Crippen LogP contribution in [0, 0.1) is 23.7 Å². The predicted molar refractivity (Wildman–Crippen MR) is 232 cm³/mol. The number of methoxy groups -OCH3 is 2. The van der Waals surface area contributed by atoms with E-state index in [9.17, 15) is 32.7 Å². The highest BCUT2D eigenvalue weighted by Gasteiger charge is 2.70. The molecule has 2 saturated heterocycles. The van der Waals surface area contributed by atoms with Crippen LogP contribution in [0.3, 0.4) is 0 Å². The molecule has 326 valence electrons. The second-order valence-corrected chi connectivity index (χ2v) is 16.9. The molecule has 3 fully saturated rings. The molecular formula is C48H37Cl2F3N4O7. The number of alkyl halides is 3. The van der Waals surface area contributed by atoms with E-state index in [0.717, 1.165) is 16.1 Å². The number of aromatic nitrogens is 1. The maximum absolute atomic E-state index is 15.4. The van der Waals surface area contributed by atoms with E-state index >= 15 is 4.79 Å². The Morgan fingerprint density at radius 2 is 1.61 bits per heavy atom. The average molecular weight is 910 g/mol. The highest BCUT2D eigenvalue weighted by molar-refractivity contribution is 6.33. The van der Waals surface area contributed by atoms with Crippen LogP contribution >= 0.6 is 23.2 Å². The molecule has 11 nitrogen and oxygen atoms in total. The Hall–Kier alpha value is -6.64. The minimum atomic E-state index is -4.76. The Bertz CT molecular complexity index is 2800. The Balaban J connectivity index is 1.10. The topological polar surface area (TPSA) is 138 Å². The molecule has 3 heterocycles. The van der Waals surface area contributed by atoms with Gasteiger partial charge in [0.2, 0.25) is 11.8 Å². The van der Waals surface area contributed by atoms with Gasteiger partial charge >= 0.3 is 6.18 Å². The van der Waals surface area contributed by atoms with Crippen LogP contribution in [0.2, 0.25) is 10.0 Å². The number of phenols is 1. The summed E-state index contributed by atoms with van der Waals surface area (Å²) in [6.07, 6.45) is 1.45. The first-order valence-corrected chi connectivity index (χ1v) is 20.9. The number of nitrogens with one attached hydrogen (secondary N) is 1. The molecule has 1 aromatic heterocycles. The molecule has 5 aromatic rings. The van der Waals surface area contributed by atoms with Gasteiger partial charge < -0.3 is 14.6 Å². The second-order valence-electron chi connectivity index (χ2n) is 16.1. The number of hydrogen-bond acceptors (Lipinski definition) is 9. The summed E-state index contributed by atoms with van der Waals surface area (Å²) in [6.45, 7) is 0. The Labute approximate surface area is 374 Å². The molecule has 64 heavy (non-hydrogen) atoms. The summed E-state index contributed by atoms with van der Waals surface area (Å²) in [4.78, 5) is 64.5. The summed E-state index contributed by atoms with van der Waals surface area (Å²) in [5, 5.41) is 11.4. The number of allylic oxidation sites excluding steroid dienone is 2. The molecular weight excluding hydrogens is 872 g/mol. The van der Waals surface area contributed by atoms with Crippen molar-refractivity contribution < 1.29 is 46.9 Å². The fourth-order valence-corrected chi connectivity index (χ4v) is 10.3. The number of halogens is 5. The number of benzene rings is 4. The molecule has 6 atom stereocenters. The third-order valence-electron chi connectivity index (χ3n) is 12.8. The average Bonchev–Trinajstić information content (AvgIpc) is 3.66. The van der Waals surface area contributed by atoms with Crippen molar-refractivity contribution in [3.8, 4) is 17.2 Å². The molecule has 16 heteroatoms. The number of carbonyl (C=O) groups excluding carboxylic acids is 4. The molecule has 4 amide bonds. The minimum Gasteiger partial charge on any atom is -0.508 e. The molecule has 2 N–H and O–H groups in total. The third kappa shape index (κ3) is 6.96. The number of carbonyl (C=O) groups is 4. The number of nitrogens with zero attached hydrogens (tertiary/aromatic N) is 3. The van der Waals surface area contributed by atoms with Crippen molar-refractivity contribution in [1.82, 2.24) is 9.99 Å². The van der Waals surface area contributed by atoms with Gasteiger partial charge in [0.15, 0.2) is 5.82 Å². The molecule has 2 aliphatic carbocycles. The van der Waals surface area contributed by atoms with Gasteiger partial charge in [0.25, 0.3) is 11.8 Å². The van der Waals surface area contributed by atoms with Gasteiger partial charge in [-0.1, -0.05) is 83.4 Å². The van der Waals surface area contributed by atoms with Gasteiger partial charge in [-0.3, -0.25) is 29.5 Å². The van der Waals surface area contributed by atoms with Gasteiger partial charge in [-0.25, -0.2) is 4.98 Å². The number of pyridine rings is 1. The van der Waals surface area contributed by atoms with Gasteiger partial charge in [-0.15, -0.1) is 0 Å². The summed E-state index contributed by atoms with van der Waals surface area (Å²) >= 11 is 12.6. The van der Waals surface area contributed by atoms with Crippen molar-refractivity contribution in [1.29, 1.82) is 0 Å². The number of hydrogen-bond donors (Lipinski definition) is 2. The zero-order valence-corrected chi connectivity index (χ0v) is 35.5. The second kappa shape index (κ2) is 16.2. The molecule has 0 spiro atoms. The number of phenolic OH excluding ortho intramolecular Hbond substituents is 1. The van der Waals surface area contributed by atoms with E-state index in [2.05, 4.69) is 10.4 Å². The van der Waals surface area contributed by atoms with E-state index in [4.69, 9.17) is 32.7 Å². The van der Waals surface area contributed by atoms with Crippen LogP contribution in [0.1, 0.15) is 46.6 Å². The number of ether oxygens (including phenoxy) is 2. The Morgan fingerprint density at radius 1 is 0.859 bits per heavy atom. The summed E-state index contributed by atoms with van der Waals surface area (Å²) < 4.78 is 51.5. The maximum Gasteiger partial charge on any atom is 0.417 e. The van der Waals surface area contributed by atoms with Crippen molar-refractivity contribution in [3.05, 3.63) is 153 Å². The number of amides is 4. The van der Waals surface area contributed by atoms with Crippen molar-refractivity contribution >= 4 is 70.5 Å². The highest BCUT2D eigenvalue weighted by Crippen LogP contribution is 2.64. The van der Waals surface area contributed by atoms with E-state index in [1.165, 1.54) is 17.0 Å². The zero-order chi connectivity index (χ0) is 45.2. The Kier molecular flexibility index (Phi) is 10.8. The quantitative estimate of drug-likeness (QED) is 0.0842. The first-order valence-electron chi connectivity index (χ1n) is 20.2. The molecule has 2 aliphatic heterocycles. The summed E-state index contributed by atoms with van der Waals surface area (Å²) in [6, 6.07) is 25.7. The monoisotopic (exact) mass is 908 g/mol. The minimum absolute atomic E-state index is 0.0633. The molecule has 1 saturated carbocycles. The number of aromatic hydroxyl groups is 1. The van der Waals surface area contributed by atoms with Crippen LogP contribution in [0.5, 0.6) is 17.2 Å². The molecule has 4 aromatic carbocycles. The number of anilines is 2. The van der Waals surface area contributed by atoms with Crippen LogP contribution in [-0.4, -0.2) is 52.9 Å². The summed E-state index contributed by atoms with van der Waals surface area (Å²) in [7, 11) is 3.14. The van der Waals surface area contributed by atoms with E-state index in [1.54, 1.807) is 87.0 Å². The number of fused-ring (bicyclic) bond motifs is 4. The molecule has 4 aliphatic rings. The lowest BCUT2D eigenvalue weighted by Gasteiger charge is -2.50. The number of imide groups is 2. The number of rotatable bonds is 9. The Morgan fingerprint density at radius 3 is 2.28 bits per heavy atom. The van der Waals surface area contributed by atoms with E-state index < -0.39 is 75.4 Å². The molecule has 6 unspecified atom stereocenters. The SMILES string of the molecule is COc1ccc(OC)c(C=Cc2ccc(N3C(=O)C4CC=C5C(CC6C(=O)N(Nc7ncc(C(F)(F)F)cc7Cl)C(=O)C6(c6ccc(Cl)cc6)C5c5cccc(O)c5)C4C3=O)cc2)c1. The lowest BCUT2D eigenvalue weighted by molar-refractivity contribution is -0.139. The third-order valence-corrected chi connectivity index (χ3v) is 13.3. The first kappa shape index (κ1) is 42.7. The largest absolute Gasteiger partial charge is 0.508 e. The maximum atomic E-state index is 15.4. The van der Waals surface area contributed by atoms with Gasteiger partial charge in [0.1, 0.15) is 17.2 Å². The summed E-state index contributed by atoms with van der Waals surface area (Å²) in [5.74, 6) is -6.23. The van der Waals surface area contributed by atoms with Crippen LogP contribution in [-0.2, 0) is 30.8 Å². The first-order chi connectivity index (χ1) is 30.6. The summed E-state index contributed by atoms with van der Waals surface area (Å²) in [5.41, 5.74) is 3.13. The van der Waals surface area contributed by atoms with Crippen molar-refractivity contribution in [2.24, 2.45) is 23.7 Å². The lowest BCUT2D eigenvalue weighted by atomic mass is 9.49. The molecule has 0 radical (unpaired) electrons. The fourth-order valence-electron chi connectivity index (χ4n) is 10.0. The van der Waals surface area contributed by atoms with Gasteiger partial charge in [0, 0.05) is 22.7 Å². The van der Waals surface area contributed by atoms with E-state index in [-0.39, 0.29) is 24.4 Å². The molecule has 9 rings (SSSR count). The van der Waals surface area contributed by atoms with E-state index in [1.807, 2.05) is 24.3 Å². The van der Waals surface area contributed by atoms with Crippen LogP contribution < -0.4 is 19.8 Å². The van der Waals surface area contributed by atoms with Gasteiger partial charge in [-0.2, -0.15) is 18.2 Å². The lowest BCUT2D eigenvalue weighted by Crippen LogP contribution is -2.53. The van der Waals surface area contributed by atoms with E-state index in [0.29, 0.717) is 51.2 Å². The standard InChI is InChI=1S/C48H37Cl2F3N4O7/c1-63-33-16-19-39(64-2)26(21-33)9-6-25-7-14-31(15-8-25)56-43(59)35-18-17-34-36(40(35)45(56)61)23-37-44(60)57(55-42-38(50)22-29(24-54-42)48(51,52)53)46(62)47(37,28-10-12-30(49)13-11-28)41(34)27-4-3-5-32(58)20-27/h3-17,19-22,24,35-37,40-41,58H,18,23H2,1-2H3,(H,54,55). The van der Waals surface area contributed by atoms with Crippen molar-refractivity contribution in [2.75, 3.05) is 24.5 Å². The van der Waals surface area contributed by atoms with Crippen molar-refractivity contribution in [2.45, 2.75) is 30.4 Å². The van der Waals surface area contributed by atoms with Gasteiger partial charge in [-0.05, 0) is 96.1 Å². The predicted octanol–water partition coefficient (Wildman–Crippen LogP) is 9.49. The van der Waals surface area contributed by atoms with Crippen molar-refractivity contribution in [3.63, 3.8) is 0 Å².